The monoisotopic (exact) mass is 355 g/mol. The molecule has 3 aromatic rings. The lowest BCUT2D eigenvalue weighted by molar-refractivity contribution is 0.102. The van der Waals surface area contributed by atoms with Gasteiger partial charge in [-0.15, -0.1) is 10.2 Å². The van der Waals surface area contributed by atoms with Crippen LogP contribution in [0.25, 0.3) is 10.6 Å². The van der Waals surface area contributed by atoms with Gasteiger partial charge in [0.1, 0.15) is 5.01 Å². The van der Waals surface area contributed by atoms with Crippen LogP contribution < -0.4 is 14.8 Å². The summed E-state index contributed by atoms with van der Waals surface area (Å²) in [5.74, 6) is 0.776. The molecule has 0 aliphatic rings. The van der Waals surface area contributed by atoms with Crippen molar-refractivity contribution in [1.29, 1.82) is 0 Å². The zero-order valence-corrected chi connectivity index (χ0v) is 14.9. The molecule has 128 valence electrons. The van der Waals surface area contributed by atoms with Crippen LogP contribution in [0, 0.1) is 6.92 Å². The standard InChI is InChI=1S/C18H17N3O3S/c1-11-6-4-5-7-13(11)17-20-21-18(25-17)19-16(22)12-8-9-14(23-2)15(10-12)24-3/h4-10H,1-3H3,(H,19,21,22). The van der Waals surface area contributed by atoms with Crippen molar-refractivity contribution in [3.63, 3.8) is 0 Å². The molecule has 0 radical (unpaired) electrons. The first-order valence-electron chi connectivity index (χ1n) is 7.55. The highest BCUT2D eigenvalue weighted by Gasteiger charge is 2.14. The molecule has 2 aromatic carbocycles. The highest BCUT2D eigenvalue weighted by Crippen LogP contribution is 2.30. The predicted octanol–water partition coefficient (Wildman–Crippen LogP) is 3.78. The van der Waals surface area contributed by atoms with Crippen LogP contribution in [0.5, 0.6) is 11.5 Å². The Hall–Kier alpha value is -2.93. The quantitative estimate of drug-likeness (QED) is 0.754. The summed E-state index contributed by atoms with van der Waals surface area (Å²) in [5.41, 5.74) is 2.56. The van der Waals surface area contributed by atoms with E-state index in [1.165, 1.54) is 18.4 Å². The van der Waals surface area contributed by atoms with Gasteiger partial charge in [-0.2, -0.15) is 0 Å². The normalized spacial score (nSPS) is 10.4. The maximum absolute atomic E-state index is 12.4. The molecule has 1 N–H and O–H groups in total. The molecule has 1 heterocycles. The number of nitrogens with zero attached hydrogens (tertiary/aromatic N) is 2. The maximum Gasteiger partial charge on any atom is 0.257 e. The number of hydrogen-bond donors (Lipinski definition) is 1. The second-order valence-electron chi connectivity index (χ2n) is 5.25. The van der Waals surface area contributed by atoms with Crippen molar-refractivity contribution >= 4 is 22.4 Å². The molecule has 1 amide bonds. The Morgan fingerprint density at radius 3 is 2.52 bits per heavy atom. The predicted molar refractivity (Wildman–Crippen MR) is 97.6 cm³/mol. The lowest BCUT2D eigenvalue weighted by Crippen LogP contribution is -2.11. The highest BCUT2D eigenvalue weighted by molar-refractivity contribution is 7.18. The third-order valence-electron chi connectivity index (χ3n) is 3.67. The van der Waals surface area contributed by atoms with E-state index in [1.807, 2.05) is 31.2 Å². The molecule has 0 atom stereocenters. The molecular weight excluding hydrogens is 338 g/mol. The highest BCUT2D eigenvalue weighted by atomic mass is 32.1. The van der Waals surface area contributed by atoms with E-state index < -0.39 is 0 Å². The molecule has 6 nitrogen and oxygen atoms in total. The molecule has 0 saturated carbocycles. The number of rotatable bonds is 5. The van der Waals surface area contributed by atoms with Gasteiger partial charge in [-0.05, 0) is 30.7 Å². The van der Waals surface area contributed by atoms with Crippen LogP contribution in [-0.2, 0) is 0 Å². The first-order valence-corrected chi connectivity index (χ1v) is 8.37. The SMILES string of the molecule is COc1ccc(C(=O)Nc2nnc(-c3ccccc3C)s2)cc1OC. The van der Waals surface area contributed by atoms with Crippen molar-refractivity contribution in [2.45, 2.75) is 6.92 Å². The Balaban J connectivity index is 1.79. The number of aromatic nitrogens is 2. The van der Waals surface area contributed by atoms with Gasteiger partial charge in [0.05, 0.1) is 14.2 Å². The summed E-state index contributed by atoms with van der Waals surface area (Å²) in [6.45, 7) is 2.01. The Morgan fingerprint density at radius 2 is 1.80 bits per heavy atom. The van der Waals surface area contributed by atoms with Crippen molar-refractivity contribution in [2.75, 3.05) is 19.5 Å². The van der Waals surface area contributed by atoms with E-state index in [4.69, 9.17) is 9.47 Å². The van der Waals surface area contributed by atoms with Crippen molar-refractivity contribution in [3.05, 3.63) is 53.6 Å². The number of amides is 1. The zero-order chi connectivity index (χ0) is 17.8. The second-order valence-corrected chi connectivity index (χ2v) is 6.23. The van der Waals surface area contributed by atoms with Crippen LogP contribution in [0.15, 0.2) is 42.5 Å². The minimum Gasteiger partial charge on any atom is -0.493 e. The van der Waals surface area contributed by atoms with Crippen LogP contribution in [0.4, 0.5) is 5.13 Å². The van der Waals surface area contributed by atoms with Crippen LogP contribution in [-0.4, -0.2) is 30.3 Å². The van der Waals surface area contributed by atoms with E-state index in [0.29, 0.717) is 22.2 Å². The maximum atomic E-state index is 12.4. The average Bonchev–Trinajstić information content (AvgIpc) is 3.09. The largest absolute Gasteiger partial charge is 0.493 e. The zero-order valence-electron chi connectivity index (χ0n) is 14.1. The number of carbonyl (C=O) groups excluding carboxylic acids is 1. The van der Waals surface area contributed by atoms with Crippen molar-refractivity contribution in [3.8, 4) is 22.1 Å². The fourth-order valence-electron chi connectivity index (χ4n) is 2.34. The van der Waals surface area contributed by atoms with Crippen LogP contribution in [0.1, 0.15) is 15.9 Å². The molecule has 0 saturated heterocycles. The second kappa shape index (κ2) is 7.31. The number of benzene rings is 2. The molecule has 25 heavy (non-hydrogen) atoms. The Bertz CT molecular complexity index is 908. The first-order chi connectivity index (χ1) is 12.1. The van der Waals surface area contributed by atoms with Gasteiger partial charge in [-0.3, -0.25) is 10.1 Å². The fraction of sp³-hybridized carbons (Fsp3) is 0.167. The van der Waals surface area contributed by atoms with E-state index >= 15 is 0 Å². The summed E-state index contributed by atoms with van der Waals surface area (Å²) in [7, 11) is 3.07. The van der Waals surface area contributed by atoms with Gasteiger partial charge in [0.15, 0.2) is 11.5 Å². The minimum atomic E-state index is -0.284. The Morgan fingerprint density at radius 1 is 1.04 bits per heavy atom. The van der Waals surface area contributed by atoms with Crippen LogP contribution in [0.3, 0.4) is 0 Å². The van der Waals surface area contributed by atoms with Gasteiger partial charge in [0, 0.05) is 11.1 Å². The molecule has 0 unspecified atom stereocenters. The number of carbonyl (C=O) groups is 1. The number of aryl methyl sites for hydroxylation is 1. The Labute approximate surface area is 149 Å². The van der Waals surface area contributed by atoms with E-state index in [-0.39, 0.29) is 5.91 Å². The van der Waals surface area contributed by atoms with Crippen molar-refractivity contribution in [2.24, 2.45) is 0 Å². The minimum absolute atomic E-state index is 0.284. The van der Waals surface area contributed by atoms with E-state index in [9.17, 15) is 4.79 Å². The molecule has 1 aromatic heterocycles. The third-order valence-corrected chi connectivity index (χ3v) is 4.54. The number of anilines is 1. The van der Waals surface area contributed by atoms with Gasteiger partial charge in [0.2, 0.25) is 5.13 Å². The molecular formula is C18H17N3O3S. The molecule has 0 aliphatic heterocycles. The lowest BCUT2D eigenvalue weighted by Gasteiger charge is -2.08. The molecule has 7 heteroatoms. The molecule has 0 spiro atoms. The number of ether oxygens (including phenoxy) is 2. The summed E-state index contributed by atoms with van der Waals surface area (Å²) in [4.78, 5) is 12.4. The fourth-order valence-corrected chi connectivity index (χ4v) is 3.17. The number of hydrogen-bond acceptors (Lipinski definition) is 6. The first kappa shape index (κ1) is 16.9. The molecule has 0 aliphatic carbocycles. The van der Waals surface area contributed by atoms with Crippen LogP contribution >= 0.6 is 11.3 Å². The summed E-state index contributed by atoms with van der Waals surface area (Å²) in [5, 5.41) is 12.2. The molecule has 3 rings (SSSR count). The van der Waals surface area contributed by atoms with Gasteiger partial charge >= 0.3 is 0 Å². The van der Waals surface area contributed by atoms with Gasteiger partial charge in [-0.1, -0.05) is 35.6 Å². The summed E-state index contributed by atoms with van der Waals surface area (Å²) in [6, 6.07) is 12.9. The lowest BCUT2D eigenvalue weighted by atomic mass is 10.1. The van der Waals surface area contributed by atoms with Gasteiger partial charge in [0.25, 0.3) is 5.91 Å². The molecule has 0 bridgehead atoms. The molecule has 0 fully saturated rings. The smallest absolute Gasteiger partial charge is 0.257 e. The van der Waals surface area contributed by atoms with E-state index in [2.05, 4.69) is 15.5 Å². The Kier molecular flexibility index (Phi) is 4.95. The summed E-state index contributed by atoms with van der Waals surface area (Å²) < 4.78 is 10.4. The van der Waals surface area contributed by atoms with Crippen molar-refractivity contribution in [1.82, 2.24) is 10.2 Å². The van der Waals surface area contributed by atoms with Crippen LogP contribution in [0.2, 0.25) is 0 Å². The van der Waals surface area contributed by atoms with Gasteiger partial charge in [-0.25, -0.2) is 0 Å². The summed E-state index contributed by atoms with van der Waals surface area (Å²) in [6.07, 6.45) is 0. The van der Waals surface area contributed by atoms with E-state index in [0.717, 1.165) is 16.1 Å². The number of nitrogens with one attached hydrogen (secondary N) is 1. The number of methoxy groups -OCH3 is 2. The van der Waals surface area contributed by atoms with Crippen molar-refractivity contribution < 1.29 is 14.3 Å². The average molecular weight is 355 g/mol. The summed E-state index contributed by atoms with van der Waals surface area (Å²) >= 11 is 1.33. The van der Waals surface area contributed by atoms with E-state index in [1.54, 1.807) is 25.3 Å². The third kappa shape index (κ3) is 3.61. The topological polar surface area (TPSA) is 73.3 Å². The van der Waals surface area contributed by atoms with Gasteiger partial charge < -0.3 is 9.47 Å².